The second kappa shape index (κ2) is 3.70. The van der Waals surface area contributed by atoms with Crippen LogP contribution >= 0.6 is 0 Å². The van der Waals surface area contributed by atoms with E-state index in [1.807, 2.05) is 23.9 Å². The first-order chi connectivity index (χ1) is 8.25. The van der Waals surface area contributed by atoms with E-state index in [4.69, 9.17) is 0 Å². The maximum absolute atomic E-state index is 4.59. The Morgan fingerprint density at radius 1 is 1.06 bits per heavy atom. The van der Waals surface area contributed by atoms with E-state index in [0.717, 1.165) is 16.8 Å². The van der Waals surface area contributed by atoms with Gasteiger partial charge in [0.2, 0.25) is 0 Å². The van der Waals surface area contributed by atoms with Crippen LogP contribution in [-0.4, -0.2) is 14.8 Å². The van der Waals surface area contributed by atoms with E-state index in [-0.39, 0.29) is 0 Å². The second-order valence-electron chi connectivity index (χ2n) is 4.23. The van der Waals surface area contributed by atoms with Gasteiger partial charge in [0.05, 0.1) is 5.52 Å². The van der Waals surface area contributed by atoms with Gasteiger partial charge in [0.1, 0.15) is 5.69 Å². The molecule has 2 aromatic heterocycles. The SMILES string of the molecule is Cc1ccc2c(c1)c(-c1ccncc1)nn2C. The van der Waals surface area contributed by atoms with Crippen LogP contribution in [0.2, 0.25) is 0 Å². The van der Waals surface area contributed by atoms with Gasteiger partial charge in [0.15, 0.2) is 0 Å². The van der Waals surface area contributed by atoms with Gasteiger partial charge in [-0.05, 0) is 31.2 Å². The average molecular weight is 223 g/mol. The van der Waals surface area contributed by atoms with E-state index in [0.29, 0.717) is 0 Å². The van der Waals surface area contributed by atoms with E-state index < -0.39 is 0 Å². The summed E-state index contributed by atoms with van der Waals surface area (Å²) in [6.07, 6.45) is 3.59. The predicted molar refractivity (Wildman–Crippen MR) is 68.7 cm³/mol. The molecule has 0 bridgehead atoms. The van der Waals surface area contributed by atoms with Gasteiger partial charge in [0.25, 0.3) is 0 Å². The average Bonchev–Trinajstić information content (AvgIpc) is 2.67. The van der Waals surface area contributed by atoms with Crippen LogP contribution in [0.4, 0.5) is 0 Å². The lowest BCUT2D eigenvalue weighted by molar-refractivity contribution is 0.800. The molecule has 0 N–H and O–H groups in total. The molecular weight excluding hydrogens is 210 g/mol. The summed E-state index contributed by atoms with van der Waals surface area (Å²) in [7, 11) is 1.97. The number of aryl methyl sites for hydroxylation is 2. The molecular formula is C14H13N3. The summed E-state index contributed by atoms with van der Waals surface area (Å²) in [6, 6.07) is 10.4. The molecule has 0 aliphatic carbocycles. The Bertz CT molecular complexity index is 669. The van der Waals surface area contributed by atoms with Gasteiger partial charge < -0.3 is 0 Å². The number of hydrogen-bond acceptors (Lipinski definition) is 2. The summed E-state index contributed by atoms with van der Waals surface area (Å²) in [4.78, 5) is 4.04. The van der Waals surface area contributed by atoms with Crippen molar-refractivity contribution in [3.8, 4) is 11.3 Å². The van der Waals surface area contributed by atoms with Crippen LogP contribution in [0.15, 0.2) is 42.7 Å². The number of nitrogens with zero attached hydrogens (tertiary/aromatic N) is 3. The van der Waals surface area contributed by atoms with Crippen LogP contribution in [0.3, 0.4) is 0 Å². The van der Waals surface area contributed by atoms with Crippen molar-refractivity contribution in [1.82, 2.24) is 14.8 Å². The van der Waals surface area contributed by atoms with Crippen LogP contribution in [0.1, 0.15) is 5.56 Å². The molecule has 0 spiro atoms. The minimum atomic E-state index is 1.02. The number of aromatic nitrogens is 3. The number of hydrogen-bond donors (Lipinski definition) is 0. The summed E-state index contributed by atoms with van der Waals surface area (Å²) in [5.74, 6) is 0. The summed E-state index contributed by atoms with van der Waals surface area (Å²) >= 11 is 0. The zero-order valence-corrected chi connectivity index (χ0v) is 9.88. The largest absolute Gasteiger partial charge is 0.267 e. The first-order valence-corrected chi connectivity index (χ1v) is 5.59. The van der Waals surface area contributed by atoms with Crippen molar-refractivity contribution < 1.29 is 0 Å². The quantitative estimate of drug-likeness (QED) is 0.635. The van der Waals surface area contributed by atoms with E-state index in [1.54, 1.807) is 12.4 Å². The van der Waals surface area contributed by atoms with Crippen molar-refractivity contribution in [3.63, 3.8) is 0 Å². The zero-order valence-electron chi connectivity index (χ0n) is 9.88. The molecule has 0 aliphatic heterocycles. The molecule has 0 fully saturated rings. The van der Waals surface area contributed by atoms with Gasteiger partial charge in [-0.25, -0.2) is 0 Å². The molecule has 0 amide bonds. The Kier molecular flexibility index (Phi) is 2.18. The monoisotopic (exact) mass is 223 g/mol. The maximum Gasteiger partial charge on any atom is 0.100 e. The molecule has 0 saturated heterocycles. The summed E-state index contributed by atoms with van der Waals surface area (Å²) in [6.45, 7) is 2.10. The van der Waals surface area contributed by atoms with Gasteiger partial charge in [-0.3, -0.25) is 9.67 Å². The lowest BCUT2D eigenvalue weighted by atomic mass is 10.1. The molecule has 3 nitrogen and oxygen atoms in total. The highest BCUT2D eigenvalue weighted by Gasteiger charge is 2.09. The lowest BCUT2D eigenvalue weighted by Crippen LogP contribution is -1.89. The molecule has 0 saturated carbocycles. The molecule has 0 unspecified atom stereocenters. The van der Waals surface area contributed by atoms with E-state index in [9.17, 15) is 0 Å². The highest BCUT2D eigenvalue weighted by Crippen LogP contribution is 2.27. The van der Waals surface area contributed by atoms with Crippen LogP contribution in [0.5, 0.6) is 0 Å². The van der Waals surface area contributed by atoms with Crippen LogP contribution in [-0.2, 0) is 7.05 Å². The van der Waals surface area contributed by atoms with Crippen molar-refractivity contribution in [3.05, 3.63) is 48.3 Å². The Labute approximate surface area is 99.7 Å². The Hall–Kier alpha value is -2.16. The molecule has 0 aliphatic rings. The smallest absolute Gasteiger partial charge is 0.100 e. The van der Waals surface area contributed by atoms with E-state index in [1.165, 1.54) is 10.9 Å². The van der Waals surface area contributed by atoms with Crippen molar-refractivity contribution in [1.29, 1.82) is 0 Å². The van der Waals surface area contributed by atoms with Crippen molar-refractivity contribution >= 4 is 10.9 Å². The van der Waals surface area contributed by atoms with Crippen LogP contribution < -0.4 is 0 Å². The third kappa shape index (κ3) is 1.60. The first-order valence-electron chi connectivity index (χ1n) is 5.59. The predicted octanol–water partition coefficient (Wildman–Crippen LogP) is 2.94. The van der Waals surface area contributed by atoms with Crippen LogP contribution in [0.25, 0.3) is 22.2 Å². The Morgan fingerprint density at radius 3 is 2.59 bits per heavy atom. The highest BCUT2D eigenvalue weighted by molar-refractivity contribution is 5.93. The topological polar surface area (TPSA) is 30.7 Å². The normalized spacial score (nSPS) is 10.9. The first kappa shape index (κ1) is 10.0. The Balaban J connectivity index is 2.34. The highest BCUT2D eigenvalue weighted by atomic mass is 15.3. The minimum Gasteiger partial charge on any atom is -0.267 e. The fourth-order valence-electron chi connectivity index (χ4n) is 2.10. The third-order valence-corrected chi connectivity index (χ3v) is 2.96. The minimum absolute atomic E-state index is 1.02. The molecule has 0 radical (unpaired) electrons. The van der Waals surface area contributed by atoms with E-state index >= 15 is 0 Å². The molecule has 3 heteroatoms. The van der Waals surface area contributed by atoms with Crippen molar-refractivity contribution in [2.75, 3.05) is 0 Å². The van der Waals surface area contributed by atoms with Gasteiger partial charge in [-0.1, -0.05) is 11.6 Å². The van der Waals surface area contributed by atoms with E-state index in [2.05, 4.69) is 35.2 Å². The second-order valence-corrected chi connectivity index (χ2v) is 4.23. The van der Waals surface area contributed by atoms with Gasteiger partial charge in [-0.2, -0.15) is 5.10 Å². The summed E-state index contributed by atoms with van der Waals surface area (Å²) in [5.41, 5.74) is 4.54. The number of benzene rings is 1. The summed E-state index contributed by atoms with van der Waals surface area (Å²) < 4.78 is 1.92. The molecule has 17 heavy (non-hydrogen) atoms. The molecule has 3 aromatic rings. The van der Waals surface area contributed by atoms with Gasteiger partial charge in [0, 0.05) is 30.4 Å². The molecule has 3 rings (SSSR count). The number of rotatable bonds is 1. The number of fused-ring (bicyclic) bond motifs is 1. The van der Waals surface area contributed by atoms with Crippen molar-refractivity contribution in [2.24, 2.45) is 7.05 Å². The lowest BCUT2D eigenvalue weighted by Gasteiger charge is -1.97. The standard InChI is InChI=1S/C14H13N3/c1-10-3-4-13-12(9-10)14(16-17(13)2)11-5-7-15-8-6-11/h3-9H,1-2H3. The molecule has 84 valence electrons. The van der Waals surface area contributed by atoms with Gasteiger partial charge >= 0.3 is 0 Å². The zero-order chi connectivity index (χ0) is 11.8. The maximum atomic E-state index is 4.59. The fourth-order valence-corrected chi connectivity index (χ4v) is 2.10. The molecule has 2 heterocycles. The molecule has 0 atom stereocenters. The molecule has 1 aromatic carbocycles. The fraction of sp³-hybridized carbons (Fsp3) is 0.143. The number of pyridine rings is 1. The van der Waals surface area contributed by atoms with Gasteiger partial charge in [-0.15, -0.1) is 0 Å². The Morgan fingerprint density at radius 2 is 1.82 bits per heavy atom. The summed E-state index contributed by atoms with van der Waals surface area (Å²) in [5, 5.41) is 5.78. The third-order valence-electron chi connectivity index (χ3n) is 2.96. The van der Waals surface area contributed by atoms with Crippen LogP contribution in [0, 0.1) is 6.92 Å². The van der Waals surface area contributed by atoms with Crippen molar-refractivity contribution in [2.45, 2.75) is 6.92 Å².